The molecule has 130 valence electrons. The Morgan fingerprint density at radius 2 is 1.91 bits per heavy atom. The van der Waals surface area contributed by atoms with Gasteiger partial charge in [-0.05, 0) is 51.8 Å². The Morgan fingerprint density at radius 3 is 2.48 bits per heavy atom. The molecule has 23 heavy (non-hydrogen) atoms. The number of nitrogens with two attached hydrogens (primary N) is 1. The molecule has 4 N–H and O–H groups in total. The summed E-state index contributed by atoms with van der Waals surface area (Å²) in [5, 5.41) is 2.56. The maximum absolute atomic E-state index is 12.1. The first-order valence-corrected chi connectivity index (χ1v) is 8.82. The molecular weight excluding hydrogens is 318 g/mol. The van der Waals surface area contributed by atoms with Gasteiger partial charge in [0.25, 0.3) is 0 Å². The van der Waals surface area contributed by atoms with E-state index in [1.165, 1.54) is 6.07 Å². The number of hydrogen-bond acceptors (Lipinski definition) is 5. The molecule has 0 saturated carbocycles. The van der Waals surface area contributed by atoms with Gasteiger partial charge in [-0.3, -0.25) is 0 Å². The van der Waals surface area contributed by atoms with E-state index in [9.17, 15) is 13.2 Å². The number of amides is 1. The highest BCUT2D eigenvalue weighted by molar-refractivity contribution is 7.89. The van der Waals surface area contributed by atoms with Crippen LogP contribution in [0.15, 0.2) is 23.1 Å². The number of aryl methyl sites for hydroxylation is 1. The van der Waals surface area contributed by atoms with Crippen molar-refractivity contribution in [1.82, 2.24) is 10.0 Å². The number of anilines is 1. The fourth-order valence-corrected chi connectivity index (χ4v) is 2.97. The van der Waals surface area contributed by atoms with Crippen LogP contribution in [0.1, 0.15) is 32.8 Å². The molecule has 0 aliphatic heterocycles. The second-order valence-electron chi connectivity index (χ2n) is 6.22. The molecule has 0 aliphatic rings. The van der Waals surface area contributed by atoms with Gasteiger partial charge < -0.3 is 15.8 Å². The minimum atomic E-state index is -3.66. The van der Waals surface area contributed by atoms with E-state index < -0.39 is 21.7 Å². The third kappa shape index (κ3) is 6.87. The second kappa shape index (κ2) is 7.65. The number of sulfonamides is 1. The maximum atomic E-state index is 12.1. The predicted molar refractivity (Wildman–Crippen MR) is 89.6 cm³/mol. The fraction of sp³-hybridized carbons (Fsp3) is 0.533. The van der Waals surface area contributed by atoms with Crippen molar-refractivity contribution in [2.24, 2.45) is 0 Å². The molecule has 0 heterocycles. The summed E-state index contributed by atoms with van der Waals surface area (Å²) >= 11 is 0. The van der Waals surface area contributed by atoms with Crippen LogP contribution in [0.25, 0.3) is 0 Å². The van der Waals surface area contributed by atoms with Crippen LogP contribution >= 0.6 is 0 Å². The lowest BCUT2D eigenvalue weighted by Crippen LogP contribution is -2.34. The molecule has 0 fully saturated rings. The van der Waals surface area contributed by atoms with Gasteiger partial charge in [-0.2, -0.15) is 0 Å². The van der Waals surface area contributed by atoms with Crippen LogP contribution in [-0.2, 0) is 14.8 Å². The van der Waals surface area contributed by atoms with Gasteiger partial charge in [0.05, 0.1) is 5.69 Å². The van der Waals surface area contributed by atoms with E-state index in [0.717, 1.165) is 5.56 Å². The highest BCUT2D eigenvalue weighted by Crippen LogP contribution is 2.19. The van der Waals surface area contributed by atoms with Gasteiger partial charge in [-0.15, -0.1) is 0 Å². The van der Waals surface area contributed by atoms with Crippen molar-refractivity contribution in [3.63, 3.8) is 0 Å². The molecule has 0 radical (unpaired) electrons. The van der Waals surface area contributed by atoms with Crippen LogP contribution in [0.2, 0.25) is 0 Å². The first-order valence-electron chi connectivity index (χ1n) is 7.34. The van der Waals surface area contributed by atoms with Crippen LogP contribution in [0.5, 0.6) is 0 Å². The molecule has 1 aromatic rings. The lowest BCUT2D eigenvalue weighted by atomic mass is 10.2. The molecule has 8 heteroatoms. The Morgan fingerprint density at radius 1 is 1.26 bits per heavy atom. The number of nitrogen functional groups attached to an aromatic ring is 1. The molecule has 0 spiro atoms. The summed E-state index contributed by atoms with van der Waals surface area (Å²) in [6.07, 6.45) is -0.0901. The second-order valence-corrected chi connectivity index (χ2v) is 7.96. The Balaban J connectivity index is 2.42. The van der Waals surface area contributed by atoms with Gasteiger partial charge in [0.15, 0.2) is 0 Å². The highest BCUT2D eigenvalue weighted by Gasteiger charge is 2.17. The number of benzene rings is 1. The number of carbonyl (C=O) groups is 1. The summed E-state index contributed by atoms with van der Waals surface area (Å²) in [7, 11) is -3.66. The van der Waals surface area contributed by atoms with Gasteiger partial charge in [0, 0.05) is 13.1 Å². The van der Waals surface area contributed by atoms with Gasteiger partial charge in [0.2, 0.25) is 10.0 Å². The molecule has 0 bridgehead atoms. The van der Waals surface area contributed by atoms with Crippen LogP contribution in [-0.4, -0.2) is 33.2 Å². The molecule has 0 aliphatic carbocycles. The largest absolute Gasteiger partial charge is 0.444 e. The van der Waals surface area contributed by atoms with Crippen molar-refractivity contribution in [2.45, 2.75) is 44.6 Å². The zero-order valence-electron chi connectivity index (χ0n) is 14.0. The molecule has 0 atom stereocenters. The molecular formula is C15H25N3O4S. The SMILES string of the molecule is Cc1ccc(S(=O)(=O)NCCCNC(=O)OC(C)(C)C)c(N)c1. The number of alkyl carbamates (subject to hydrolysis) is 1. The topological polar surface area (TPSA) is 111 Å². The number of carbonyl (C=O) groups excluding carboxylic acids is 1. The Hall–Kier alpha value is -1.80. The first-order chi connectivity index (χ1) is 10.5. The summed E-state index contributed by atoms with van der Waals surface area (Å²) in [5.41, 5.74) is 6.29. The van der Waals surface area contributed by atoms with Crippen LogP contribution < -0.4 is 15.8 Å². The minimum Gasteiger partial charge on any atom is -0.444 e. The van der Waals surface area contributed by atoms with E-state index >= 15 is 0 Å². The van der Waals surface area contributed by atoms with E-state index in [1.54, 1.807) is 32.9 Å². The third-order valence-corrected chi connectivity index (χ3v) is 4.30. The fourth-order valence-electron chi connectivity index (χ4n) is 1.79. The van der Waals surface area contributed by atoms with Crippen molar-refractivity contribution in [3.8, 4) is 0 Å². The average Bonchev–Trinajstić information content (AvgIpc) is 2.35. The maximum Gasteiger partial charge on any atom is 0.407 e. The quantitative estimate of drug-likeness (QED) is 0.538. The Kier molecular flexibility index (Phi) is 6.40. The number of nitrogens with one attached hydrogen (secondary N) is 2. The number of rotatable bonds is 6. The van der Waals surface area contributed by atoms with Crippen molar-refractivity contribution in [3.05, 3.63) is 23.8 Å². The molecule has 1 rings (SSSR count). The summed E-state index contributed by atoms with van der Waals surface area (Å²) in [6.45, 7) is 7.64. The van der Waals surface area contributed by atoms with Crippen molar-refractivity contribution >= 4 is 21.8 Å². The summed E-state index contributed by atoms with van der Waals surface area (Å²) in [6, 6.07) is 4.78. The molecule has 0 unspecified atom stereocenters. The molecule has 1 aromatic carbocycles. The van der Waals surface area contributed by atoms with Gasteiger partial charge in [-0.25, -0.2) is 17.9 Å². The number of hydrogen-bond donors (Lipinski definition) is 3. The normalized spacial score (nSPS) is 12.0. The first kappa shape index (κ1) is 19.2. The van der Waals surface area contributed by atoms with E-state index in [-0.39, 0.29) is 17.1 Å². The van der Waals surface area contributed by atoms with E-state index in [4.69, 9.17) is 10.5 Å². The van der Waals surface area contributed by atoms with E-state index in [1.807, 2.05) is 6.92 Å². The number of ether oxygens (including phenoxy) is 1. The van der Waals surface area contributed by atoms with Gasteiger partial charge in [-0.1, -0.05) is 6.07 Å². The van der Waals surface area contributed by atoms with Crippen LogP contribution in [0.4, 0.5) is 10.5 Å². The Bertz CT molecular complexity index is 651. The van der Waals surface area contributed by atoms with E-state index in [2.05, 4.69) is 10.0 Å². The van der Waals surface area contributed by atoms with Crippen LogP contribution in [0.3, 0.4) is 0 Å². The zero-order chi connectivity index (χ0) is 17.7. The summed E-state index contributed by atoms with van der Waals surface area (Å²) in [4.78, 5) is 11.5. The molecule has 1 amide bonds. The summed E-state index contributed by atoms with van der Waals surface area (Å²) < 4.78 is 31.8. The lowest BCUT2D eigenvalue weighted by Gasteiger charge is -2.19. The van der Waals surface area contributed by atoms with Crippen molar-refractivity contribution in [1.29, 1.82) is 0 Å². The average molecular weight is 343 g/mol. The van der Waals surface area contributed by atoms with Gasteiger partial charge in [0.1, 0.15) is 10.5 Å². The van der Waals surface area contributed by atoms with Crippen molar-refractivity contribution in [2.75, 3.05) is 18.8 Å². The van der Waals surface area contributed by atoms with E-state index in [0.29, 0.717) is 13.0 Å². The lowest BCUT2D eigenvalue weighted by molar-refractivity contribution is 0.0527. The Labute approximate surface area is 137 Å². The smallest absolute Gasteiger partial charge is 0.407 e. The summed E-state index contributed by atoms with van der Waals surface area (Å²) in [5.74, 6) is 0. The predicted octanol–water partition coefficient (Wildman–Crippen LogP) is 1.77. The molecule has 0 aromatic heterocycles. The standard InChI is InChI=1S/C15H25N3O4S/c1-11-6-7-13(12(16)10-11)23(20,21)18-9-5-8-17-14(19)22-15(2,3)4/h6-7,10,18H,5,8-9,16H2,1-4H3,(H,17,19). The molecule has 7 nitrogen and oxygen atoms in total. The van der Waals surface area contributed by atoms with Crippen LogP contribution in [0, 0.1) is 6.92 Å². The highest BCUT2D eigenvalue weighted by atomic mass is 32.2. The van der Waals surface area contributed by atoms with Gasteiger partial charge >= 0.3 is 6.09 Å². The molecule has 0 saturated heterocycles. The third-order valence-electron chi connectivity index (χ3n) is 2.77. The minimum absolute atomic E-state index is 0.0585. The monoisotopic (exact) mass is 343 g/mol. The van der Waals surface area contributed by atoms with Crippen molar-refractivity contribution < 1.29 is 17.9 Å². The zero-order valence-corrected chi connectivity index (χ0v) is 14.8.